The number of sulfonamides is 1. The van der Waals surface area contributed by atoms with Crippen LogP contribution in [0.1, 0.15) is 37.8 Å². The van der Waals surface area contributed by atoms with Crippen LogP contribution in [0.3, 0.4) is 0 Å². The maximum atomic E-state index is 13.5. The molecule has 3 atom stereocenters. The molecule has 2 fully saturated rings. The summed E-state index contributed by atoms with van der Waals surface area (Å²) in [7, 11) is -3.53. The highest BCUT2D eigenvalue weighted by Crippen LogP contribution is 2.39. The smallest absolute Gasteiger partial charge is 0.243 e. The molecule has 0 spiro atoms. The average molecular weight is 504 g/mol. The summed E-state index contributed by atoms with van der Waals surface area (Å²) < 4.78 is 28.8. The standard InChI is InChI=1S/C26H29N7O2S/c1-17-13-25(32-31-17)29-24-16-23-22(11-6-12-27-23)26(30-24)28-18-14-19-7-5-8-20(15-18)33(19)36(34,35)21-9-3-2-4-10-21/h2-4,6,9-13,16,18-20H,5,7-8,14-15H2,1H3,(H3,28,29,30,31,32)/t18?,19-,20+. The summed E-state index contributed by atoms with van der Waals surface area (Å²) >= 11 is 0. The van der Waals surface area contributed by atoms with Crippen molar-refractivity contribution in [1.82, 2.24) is 24.5 Å². The molecule has 6 rings (SSSR count). The van der Waals surface area contributed by atoms with Gasteiger partial charge in [0.05, 0.1) is 10.4 Å². The molecular weight excluding hydrogens is 474 g/mol. The van der Waals surface area contributed by atoms with Crippen molar-refractivity contribution >= 4 is 38.4 Å². The van der Waals surface area contributed by atoms with E-state index in [9.17, 15) is 8.42 Å². The number of nitrogens with zero attached hydrogens (tertiary/aromatic N) is 4. The first-order valence-corrected chi connectivity index (χ1v) is 13.8. The Bertz CT molecular complexity index is 1470. The van der Waals surface area contributed by atoms with Crippen molar-refractivity contribution < 1.29 is 8.42 Å². The van der Waals surface area contributed by atoms with Crippen LogP contribution in [0.5, 0.6) is 0 Å². The van der Waals surface area contributed by atoms with Gasteiger partial charge in [-0.15, -0.1) is 0 Å². The van der Waals surface area contributed by atoms with E-state index in [1.54, 1.807) is 34.8 Å². The highest BCUT2D eigenvalue weighted by molar-refractivity contribution is 7.89. The number of piperidine rings is 2. The van der Waals surface area contributed by atoms with Gasteiger partial charge in [-0.05, 0) is 56.9 Å². The van der Waals surface area contributed by atoms with Crippen LogP contribution in [-0.2, 0) is 10.0 Å². The predicted molar refractivity (Wildman–Crippen MR) is 140 cm³/mol. The zero-order valence-electron chi connectivity index (χ0n) is 20.1. The van der Waals surface area contributed by atoms with E-state index in [4.69, 9.17) is 4.98 Å². The normalized spacial score (nSPS) is 22.4. The number of rotatable bonds is 6. The molecule has 2 aliphatic heterocycles. The Labute approximate surface area is 210 Å². The lowest BCUT2D eigenvalue weighted by Crippen LogP contribution is -2.56. The lowest BCUT2D eigenvalue weighted by Gasteiger charge is -2.47. The molecule has 10 heteroatoms. The van der Waals surface area contributed by atoms with Gasteiger partial charge in [0.25, 0.3) is 0 Å². The van der Waals surface area contributed by atoms with E-state index in [2.05, 4.69) is 25.8 Å². The van der Waals surface area contributed by atoms with Crippen molar-refractivity contribution in [2.24, 2.45) is 0 Å². The SMILES string of the molecule is Cc1cc(Nc2cc3ncccc3c(NC3C[C@H]4CCC[C@@H](C3)N4S(=O)(=O)c3ccccc3)n2)n[nH]1. The van der Waals surface area contributed by atoms with Crippen molar-refractivity contribution in [3.05, 3.63) is 66.5 Å². The molecule has 3 aromatic heterocycles. The molecule has 3 N–H and O–H groups in total. The quantitative estimate of drug-likeness (QED) is 0.352. The summed E-state index contributed by atoms with van der Waals surface area (Å²) in [5.74, 6) is 2.09. The van der Waals surface area contributed by atoms with Crippen LogP contribution < -0.4 is 10.6 Å². The highest BCUT2D eigenvalue weighted by atomic mass is 32.2. The van der Waals surface area contributed by atoms with E-state index in [1.807, 2.05) is 37.3 Å². The Hall–Kier alpha value is -3.50. The van der Waals surface area contributed by atoms with Gasteiger partial charge in [0, 0.05) is 47.5 Å². The van der Waals surface area contributed by atoms with E-state index in [0.29, 0.717) is 16.5 Å². The molecule has 0 saturated carbocycles. The first-order valence-electron chi connectivity index (χ1n) is 12.4. The molecule has 5 heterocycles. The third-order valence-corrected chi connectivity index (χ3v) is 9.15. The molecule has 186 valence electrons. The maximum absolute atomic E-state index is 13.5. The first kappa shape index (κ1) is 22.9. The van der Waals surface area contributed by atoms with Crippen LogP contribution >= 0.6 is 0 Å². The van der Waals surface area contributed by atoms with E-state index in [0.717, 1.165) is 54.5 Å². The zero-order chi connectivity index (χ0) is 24.7. The number of nitrogens with one attached hydrogen (secondary N) is 3. The van der Waals surface area contributed by atoms with Crippen LogP contribution in [0.4, 0.5) is 17.5 Å². The fourth-order valence-corrected chi connectivity index (χ4v) is 7.53. The largest absolute Gasteiger partial charge is 0.367 e. The Morgan fingerprint density at radius 1 is 1.00 bits per heavy atom. The van der Waals surface area contributed by atoms with Gasteiger partial charge < -0.3 is 10.6 Å². The van der Waals surface area contributed by atoms with Gasteiger partial charge >= 0.3 is 0 Å². The number of fused-ring (bicyclic) bond motifs is 3. The van der Waals surface area contributed by atoms with Crippen LogP contribution in [0.2, 0.25) is 0 Å². The number of H-pyrrole nitrogens is 1. The van der Waals surface area contributed by atoms with Gasteiger partial charge in [-0.3, -0.25) is 10.1 Å². The molecule has 1 aromatic carbocycles. The molecule has 2 aliphatic rings. The van der Waals surface area contributed by atoms with Gasteiger partial charge in [0.1, 0.15) is 11.6 Å². The number of benzene rings is 1. The Kier molecular flexibility index (Phi) is 5.85. The molecule has 0 aliphatic carbocycles. The molecule has 4 aromatic rings. The van der Waals surface area contributed by atoms with E-state index >= 15 is 0 Å². The first-order chi connectivity index (χ1) is 17.5. The molecule has 0 radical (unpaired) electrons. The molecule has 1 unspecified atom stereocenters. The minimum Gasteiger partial charge on any atom is -0.367 e. The fourth-order valence-electron chi connectivity index (χ4n) is 5.62. The number of aromatic amines is 1. The number of anilines is 3. The minimum atomic E-state index is -3.53. The zero-order valence-corrected chi connectivity index (χ0v) is 20.9. The fraction of sp³-hybridized carbons (Fsp3) is 0.346. The molecule has 2 saturated heterocycles. The highest BCUT2D eigenvalue weighted by Gasteiger charge is 2.45. The third-order valence-electron chi connectivity index (χ3n) is 7.13. The van der Waals surface area contributed by atoms with Crippen molar-refractivity contribution in [2.75, 3.05) is 10.6 Å². The molecule has 9 nitrogen and oxygen atoms in total. The van der Waals surface area contributed by atoms with Crippen molar-refractivity contribution in [3.8, 4) is 0 Å². The van der Waals surface area contributed by atoms with Gasteiger partial charge in [-0.25, -0.2) is 13.4 Å². The van der Waals surface area contributed by atoms with E-state index in [-0.39, 0.29) is 18.1 Å². The molecule has 2 bridgehead atoms. The van der Waals surface area contributed by atoms with Crippen LogP contribution in [0.15, 0.2) is 65.7 Å². The maximum Gasteiger partial charge on any atom is 0.243 e. The second-order valence-corrected chi connectivity index (χ2v) is 11.5. The van der Waals surface area contributed by atoms with Gasteiger partial charge in [0.15, 0.2) is 5.82 Å². The van der Waals surface area contributed by atoms with Crippen molar-refractivity contribution in [3.63, 3.8) is 0 Å². The predicted octanol–water partition coefficient (Wildman–Crippen LogP) is 4.59. The van der Waals surface area contributed by atoms with E-state index < -0.39 is 10.0 Å². The summed E-state index contributed by atoms with van der Waals surface area (Å²) in [6, 6.07) is 16.6. The summed E-state index contributed by atoms with van der Waals surface area (Å²) in [5, 5.41) is 15.0. The second-order valence-electron chi connectivity index (χ2n) is 9.69. The average Bonchev–Trinajstić information content (AvgIpc) is 3.28. The van der Waals surface area contributed by atoms with Gasteiger partial charge in [0.2, 0.25) is 10.0 Å². The summed E-state index contributed by atoms with van der Waals surface area (Å²) in [6.07, 6.45) is 6.04. The molecular formula is C26H29N7O2S. The number of aryl methyl sites for hydroxylation is 1. The molecule has 0 amide bonds. The number of aromatic nitrogens is 4. The van der Waals surface area contributed by atoms with Crippen LogP contribution in [-0.4, -0.2) is 51.0 Å². The van der Waals surface area contributed by atoms with Crippen LogP contribution in [0.25, 0.3) is 10.9 Å². The second kappa shape index (κ2) is 9.18. The summed E-state index contributed by atoms with van der Waals surface area (Å²) in [6.45, 7) is 1.95. The summed E-state index contributed by atoms with van der Waals surface area (Å²) in [5.41, 5.74) is 1.78. The van der Waals surface area contributed by atoms with Gasteiger partial charge in [-0.2, -0.15) is 9.40 Å². The Morgan fingerprint density at radius 2 is 1.78 bits per heavy atom. The lowest BCUT2D eigenvalue weighted by molar-refractivity contribution is 0.116. The monoisotopic (exact) mass is 503 g/mol. The lowest BCUT2D eigenvalue weighted by atomic mass is 9.84. The third kappa shape index (κ3) is 4.31. The summed E-state index contributed by atoms with van der Waals surface area (Å²) in [4.78, 5) is 9.78. The van der Waals surface area contributed by atoms with Crippen molar-refractivity contribution in [1.29, 1.82) is 0 Å². The van der Waals surface area contributed by atoms with Gasteiger partial charge in [-0.1, -0.05) is 24.6 Å². The number of pyridine rings is 2. The van der Waals surface area contributed by atoms with E-state index in [1.165, 1.54) is 0 Å². The number of hydrogen-bond donors (Lipinski definition) is 3. The molecule has 36 heavy (non-hydrogen) atoms. The Balaban J connectivity index is 1.28. The Morgan fingerprint density at radius 3 is 2.50 bits per heavy atom. The number of hydrogen-bond acceptors (Lipinski definition) is 7. The van der Waals surface area contributed by atoms with Crippen LogP contribution in [0, 0.1) is 6.92 Å². The van der Waals surface area contributed by atoms with Crippen molar-refractivity contribution in [2.45, 2.75) is 62.0 Å². The minimum absolute atomic E-state index is 0.0297. The topological polar surface area (TPSA) is 116 Å².